The van der Waals surface area contributed by atoms with Crippen LogP contribution in [0.3, 0.4) is 0 Å². The lowest BCUT2D eigenvalue weighted by Gasteiger charge is -2.09. The Morgan fingerprint density at radius 3 is 2.79 bits per heavy atom. The lowest BCUT2D eigenvalue weighted by atomic mass is 10.3. The van der Waals surface area contributed by atoms with Crippen molar-refractivity contribution >= 4 is 11.8 Å². The van der Waals surface area contributed by atoms with Crippen molar-refractivity contribution in [3.63, 3.8) is 0 Å². The summed E-state index contributed by atoms with van der Waals surface area (Å²) in [6, 6.07) is 1.90. The van der Waals surface area contributed by atoms with Crippen LogP contribution in [-0.2, 0) is 6.54 Å². The molecule has 2 heterocycles. The van der Waals surface area contributed by atoms with Crippen LogP contribution < -0.4 is 10.6 Å². The maximum atomic E-state index is 5.02. The molecule has 2 rings (SSSR count). The lowest BCUT2D eigenvalue weighted by Crippen LogP contribution is -2.09. The molecular formula is C13H19N5O. The van der Waals surface area contributed by atoms with E-state index >= 15 is 0 Å². The molecule has 0 aliphatic heterocycles. The van der Waals surface area contributed by atoms with E-state index in [1.807, 2.05) is 19.9 Å². The van der Waals surface area contributed by atoms with Gasteiger partial charge in [-0.2, -0.15) is 4.98 Å². The van der Waals surface area contributed by atoms with E-state index in [-0.39, 0.29) is 0 Å². The SMILES string of the molecule is CCCNc1ncc(C)c(NCc2cc(C)on2)n1. The molecule has 6 nitrogen and oxygen atoms in total. The first kappa shape index (κ1) is 13.3. The van der Waals surface area contributed by atoms with Crippen molar-refractivity contribution in [2.45, 2.75) is 33.7 Å². The summed E-state index contributed by atoms with van der Waals surface area (Å²) in [5.41, 5.74) is 1.86. The molecule has 19 heavy (non-hydrogen) atoms. The van der Waals surface area contributed by atoms with Gasteiger partial charge < -0.3 is 15.2 Å². The highest BCUT2D eigenvalue weighted by atomic mass is 16.5. The molecule has 2 aromatic rings. The van der Waals surface area contributed by atoms with Crippen molar-refractivity contribution in [1.82, 2.24) is 15.1 Å². The Morgan fingerprint density at radius 2 is 2.11 bits per heavy atom. The summed E-state index contributed by atoms with van der Waals surface area (Å²) in [5, 5.41) is 10.3. The Labute approximate surface area is 112 Å². The first-order valence-electron chi connectivity index (χ1n) is 6.42. The van der Waals surface area contributed by atoms with Crippen LogP contribution in [0.1, 0.15) is 30.4 Å². The van der Waals surface area contributed by atoms with Gasteiger partial charge in [0.05, 0.1) is 6.54 Å². The zero-order chi connectivity index (χ0) is 13.7. The zero-order valence-corrected chi connectivity index (χ0v) is 11.5. The summed E-state index contributed by atoms with van der Waals surface area (Å²) in [7, 11) is 0. The third kappa shape index (κ3) is 3.67. The molecule has 102 valence electrons. The molecule has 0 fully saturated rings. The van der Waals surface area contributed by atoms with Crippen molar-refractivity contribution in [3.05, 3.63) is 29.3 Å². The van der Waals surface area contributed by atoms with E-state index in [1.54, 1.807) is 6.20 Å². The molecule has 0 aliphatic rings. The molecule has 0 saturated heterocycles. The van der Waals surface area contributed by atoms with E-state index in [0.29, 0.717) is 12.5 Å². The van der Waals surface area contributed by atoms with Crippen molar-refractivity contribution in [3.8, 4) is 0 Å². The molecule has 2 N–H and O–H groups in total. The van der Waals surface area contributed by atoms with Gasteiger partial charge in [-0.15, -0.1) is 0 Å². The summed E-state index contributed by atoms with van der Waals surface area (Å²) in [6.07, 6.45) is 2.85. The fraction of sp³-hybridized carbons (Fsp3) is 0.462. The summed E-state index contributed by atoms with van der Waals surface area (Å²) in [6.45, 7) is 7.40. The van der Waals surface area contributed by atoms with Crippen molar-refractivity contribution in [2.24, 2.45) is 0 Å². The highest BCUT2D eigenvalue weighted by Gasteiger charge is 2.05. The standard InChI is InChI=1S/C13H19N5O/c1-4-5-14-13-16-7-9(2)12(17-13)15-8-11-6-10(3)19-18-11/h6-7H,4-5,8H2,1-3H3,(H2,14,15,16,17). The van der Waals surface area contributed by atoms with Crippen LogP contribution >= 0.6 is 0 Å². The third-order valence-corrected chi connectivity index (χ3v) is 2.62. The molecular weight excluding hydrogens is 242 g/mol. The summed E-state index contributed by atoms with van der Waals surface area (Å²) in [4.78, 5) is 8.68. The van der Waals surface area contributed by atoms with Gasteiger partial charge in [0.2, 0.25) is 5.95 Å². The van der Waals surface area contributed by atoms with E-state index in [1.165, 1.54) is 0 Å². The number of hydrogen-bond donors (Lipinski definition) is 2. The third-order valence-electron chi connectivity index (χ3n) is 2.62. The minimum atomic E-state index is 0.586. The van der Waals surface area contributed by atoms with E-state index in [4.69, 9.17) is 4.52 Å². The molecule has 0 atom stereocenters. The summed E-state index contributed by atoms with van der Waals surface area (Å²) >= 11 is 0. The van der Waals surface area contributed by atoms with E-state index in [0.717, 1.165) is 35.8 Å². The molecule has 0 bridgehead atoms. The average molecular weight is 261 g/mol. The maximum Gasteiger partial charge on any atom is 0.224 e. The van der Waals surface area contributed by atoms with E-state index < -0.39 is 0 Å². The first-order valence-corrected chi connectivity index (χ1v) is 6.42. The van der Waals surface area contributed by atoms with Gasteiger partial charge in [-0.05, 0) is 20.3 Å². The van der Waals surface area contributed by atoms with Crippen LogP contribution in [0.25, 0.3) is 0 Å². The number of rotatable bonds is 6. The van der Waals surface area contributed by atoms with Gasteiger partial charge >= 0.3 is 0 Å². The number of aromatic nitrogens is 3. The second-order valence-electron chi connectivity index (χ2n) is 4.43. The minimum absolute atomic E-state index is 0.586. The summed E-state index contributed by atoms with van der Waals surface area (Å²) in [5.74, 6) is 2.27. The molecule has 0 aromatic carbocycles. The Morgan fingerprint density at radius 1 is 1.26 bits per heavy atom. The second-order valence-corrected chi connectivity index (χ2v) is 4.43. The Hall–Kier alpha value is -2.11. The van der Waals surface area contributed by atoms with Crippen molar-refractivity contribution in [2.75, 3.05) is 17.2 Å². The fourth-order valence-electron chi connectivity index (χ4n) is 1.62. The summed E-state index contributed by atoms with van der Waals surface area (Å²) < 4.78 is 5.02. The molecule has 0 spiro atoms. The highest BCUT2D eigenvalue weighted by Crippen LogP contribution is 2.14. The van der Waals surface area contributed by atoms with E-state index in [9.17, 15) is 0 Å². The van der Waals surface area contributed by atoms with Gasteiger partial charge in [-0.25, -0.2) is 4.98 Å². The Kier molecular flexibility index (Phi) is 4.33. The predicted octanol–water partition coefficient (Wildman–Crippen LogP) is 2.52. The van der Waals surface area contributed by atoms with Gasteiger partial charge in [0.15, 0.2) is 0 Å². The largest absolute Gasteiger partial charge is 0.364 e. The van der Waals surface area contributed by atoms with Crippen LogP contribution in [-0.4, -0.2) is 21.7 Å². The smallest absolute Gasteiger partial charge is 0.224 e. The predicted molar refractivity (Wildman–Crippen MR) is 74.1 cm³/mol. The van der Waals surface area contributed by atoms with Gasteiger partial charge in [0, 0.05) is 24.4 Å². The van der Waals surface area contributed by atoms with Gasteiger partial charge in [-0.3, -0.25) is 0 Å². The van der Waals surface area contributed by atoms with Crippen LogP contribution in [0.2, 0.25) is 0 Å². The molecule has 0 unspecified atom stereocenters. The van der Waals surface area contributed by atoms with Crippen LogP contribution in [0.15, 0.2) is 16.8 Å². The van der Waals surface area contributed by atoms with E-state index in [2.05, 4.69) is 32.7 Å². The van der Waals surface area contributed by atoms with Crippen LogP contribution in [0.5, 0.6) is 0 Å². The topological polar surface area (TPSA) is 75.9 Å². The number of hydrogen-bond acceptors (Lipinski definition) is 6. The second kappa shape index (κ2) is 6.17. The monoisotopic (exact) mass is 261 g/mol. The molecule has 0 saturated carbocycles. The van der Waals surface area contributed by atoms with Crippen molar-refractivity contribution in [1.29, 1.82) is 0 Å². The van der Waals surface area contributed by atoms with Gasteiger partial charge in [0.1, 0.15) is 17.3 Å². The lowest BCUT2D eigenvalue weighted by molar-refractivity contribution is 0.391. The Balaban J connectivity index is 2.02. The number of anilines is 2. The van der Waals surface area contributed by atoms with Gasteiger partial charge in [-0.1, -0.05) is 12.1 Å². The average Bonchev–Trinajstić information content (AvgIpc) is 2.82. The van der Waals surface area contributed by atoms with Crippen LogP contribution in [0, 0.1) is 13.8 Å². The normalized spacial score (nSPS) is 10.5. The highest BCUT2D eigenvalue weighted by molar-refractivity contribution is 5.46. The number of aryl methyl sites for hydroxylation is 2. The quantitative estimate of drug-likeness (QED) is 0.832. The molecule has 0 amide bonds. The molecule has 2 aromatic heterocycles. The van der Waals surface area contributed by atoms with Gasteiger partial charge in [0.25, 0.3) is 0 Å². The van der Waals surface area contributed by atoms with Crippen LogP contribution in [0.4, 0.5) is 11.8 Å². The molecule has 0 radical (unpaired) electrons. The number of nitrogens with one attached hydrogen (secondary N) is 2. The molecule has 0 aliphatic carbocycles. The minimum Gasteiger partial charge on any atom is -0.364 e. The fourth-order valence-corrected chi connectivity index (χ4v) is 1.62. The Bertz CT molecular complexity index is 538. The first-order chi connectivity index (χ1) is 9.19. The maximum absolute atomic E-state index is 5.02. The van der Waals surface area contributed by atoms with Crippen molar-refractivity contribution < 1.29 is 4.52 Å². The zero-order valence-electron chi connectivity index (χ0n) is 11.5. The number of nitrogens with zero attached hydrogens (tertiary/aromatic N) is 3. The molecule has 6 heteroatoms.